The Morgan fingerprint density at radius 2 is 1.29 bits per heavy atom. The largest absolute Gasteiger partial charge is 0.309 e. The molecule has 3 nitrogen and oxygen atoms in total. The third kappa shape index (κ3) is 3.49. The van der Waals surface area contributed by atoms with Gasteiger partial charge in [-0.3, -0.25) is 0 Å². The number of nitrogens with one attached hydrogen (secondary N) is 1. The molecule has 1 aromatic rings. The van der Waals surface area contributed by atoms with E-state index in [1.807, 2.05) is 6.92 Å². The Morgan fingerprint density at radius 1 is 0.905 bits per heavy atom. The predicted octanol–water partition coefficient (Wildman–Crippen LogP) is 3.31. The van der Waals surface area contributed by atoms with Gasteiger partial charge < -0.3 is 5.32 Å². The summed E-state index contributed by atoms with van der Waals surface area (Å²) < 4.78 is 24.1. The Hall–Kier alpha value is -0.870. The minimum absolute atomic E-state index is 0.164. The first-order valence-corrected chi connectivity index (χ1v) is 9.48. The first kappa shape index (κ1) is 18.2. The van der Waals surface area contributed by atoms with Gasteiger partial charge in [-0.15, -0.1) is 0 Å². The van der Waals surface area contributed by atoms with Crippen LogP contribution in [0.5, 0.6) is 0 Å². The molecule has 0 aliphatic rings. The standard InChI is InChI=1S/C17H29NO2S/c1-9-18-17(15(7)21(8,19)20)16-13(5)11(3)10(2)12(4)14(16)6/h15,17-18H,9H2,1-8H3. The van der Waals surface area contributed by atoms with Crippen LogP contribution in [0.4, 0.5) is 0 Å². The minimum Gasteiger partial charge on any atom is -0.309 e. The fourth-order valence-electron chi connectivity index (χ4n) is 2.97. The van der Waals surface area contributed by atoms with E-state index >= 15 is 0 Å². The summed E-state index contributed by atoms with van der Waals surface area (Å²) >= 11 is 0. The third-order valence-electron chi connectivity index (χ3n) is 4.94. The first-order chi connectivity index (χ1) is 9.53. The molecule has 1 rings (SSSR count). The molecule has 21 heavy (non-hydrogen) atoms. The number of hydrogen-bond donors (Lipinski definition) is 1. The Kier molecular flexibility index (Phi) is 5.62. The van der Waals surface area contributed by atoms with Gasteiger partial charge in [-0.25, -0.2) is 8.42 Å². The molecule has 0 saturated heterocycles. The van der Waals surface area contributed by atoms with E-state index in [1.165, 1.54) is 34.1 Å². The Balaban J connectivity index is 3.61. The van der Waals surface area contributed by atoms with Gasteiger partial charge >= 0.3 is 0 Å². The van der Waals surface area contributed by atoms with Gasteiger partial charge in [0.05, 0.1) is 5.25 Å². The molecule has 0 amide bonds. The second-order valence-electron chi connectivity index (χ2n) is 6.11. The van der Waals surface area contributed by atoms with Crippen LogP contribution >= 0.6 is 0 Å². The molecule has 4 heteroatoms. The number of rotatable bonds is 5. The molecule has 0 spiro atoms. The second-order valence-corrected chi connectivity index (χ2v) is 8.51. The lowest BCUT2D eigenvalue weighted by atomic mass is 9.85. The number of hydrogen-bond acceptors (Lipinski definition) is 3. The summed E-state index contributed by atoms with van der Waals surface area (Å²) in [6.45, 7) is 15.1. The molecular weight excluding hydrogens is 282 g/mol. The normalized spacial score (nSPS) is 15.0. The van der Waals surface area contributed by atoms with Crippen molar-refractivity contribution in [1.29, 1.82) is 0 Å². The molecule has 2 unspecified atom stereocenters. The maximum absolute atomic E-state index is 12.0. The first-order valence-electron chi connectivity index (χ1n) is 7.53. The summed E-state index contributed by atoms with van der Waals surface area (Å²) in [5.74, 6) is 0. The lowest BCUT2D eigenvalue weighted by molar-refractivity contribution is 0.509. The summed E-state index contributed by atoms with van der Waals surface area (Å²) in [5, 5.41) is 2.93. The number of benzene rings is 1. The maximum atomic E-state index is 12.0. The van der Waals surface area contributed by atoms with Crippen LogP contribution in [-0.4, -0.2) is 26.5 Å². The fourth-order valence-corrected chi connectivity index (χ4v) is 3.69. The SMILES string of the molecule is CCNC(c1c(C)c(C)c(C)c(C)c1C)C(C)S(C)(=O)=O. The summed E-state index contributed by atoms with van der Waals surface area (Å²) in [6, 6.07) is -0.164. The van der Waals surface area contributed by atoms with Crippen LogP contribution in [-0.2, 0) is 9.84 Å². The fraction of sp³-hybridized carbons (Fsp3) is 0.647. The Labute approximate surface area is 130 Å². The molecule has 0 aromatic heterocycles. The van der Waals surface area contributed by atoms with Gasteiger partial charge in [-0.1, -0.05) is 6.92 Å². The van der Waals surface area contributed by atoms with Crippen molar-refractivity contribution < 1.29 is 8.42 Å². The smallest absolute Gasteiger partial charge is 0.151 e. The highest BCUT2D eigenvalue weighted by molar-refractivity contribution is 7.91. The van der Waals surface area contributed by atoms with Gasteiger partial charge in [0.25, 0.3) is 0 Å². The van der Waals surface area contributed by atoms with Crippen LogP contribution in [0.25, 0.3) is 0 Å². The summed E-state index contributed by atoms with van der Waals surface area (Å²) in [7, 11) is -3.10. The van der Waals surface area contributed by atoms with E-state index in [9.17, 15) is 8.42 Å². The van der Waals surface area contributed by atoms with E-state index in [1.54, 1.807) is 6.92 Å². The topological polar surface area (TPSA) is 46.2 Å². The van der Waals surface area contributed by atoms with Gasteiger partial charge in [-0.05, 0) is 81.5 Å². The van der Waals surface area contributed by atoms with Crippen LogP contribution in [0.1, 0.15) is 53.3 Å². The summed E-state index contributed by atoms with van der Waals surface area (Å²) in [4.78, 5) is 0. The molecule has 1 aromatic carbocycles. The van der Waals surface area contributed by atoms with E-state index < -0.39 is 15.1 Å². The van der Waals surface area contributed by atoms with Crippen molar-refractivity contribution in [2.45, 2.75) is 59.8 Å². The van der Waals surface area contributed by atoms with Gasteiger partial charge in [0.2, 0.25) is 0 Å². The Morgan fingerprint density at radius 3 is 1.62 bits per heavy atom. The van der Waals surface area contributed by atoms with Crippen molar-refractivity contribution in [3.05, 3.63) is 33.4 Å². The van der Waals surface area contributed by atoms with Gasteiger partial charge in [0.15, 0.2) is 9.84 Å². The van der Waals surface area contributed by atoms with E-state index in [-0.39, 0.29) is 6.04 Å². The zero-order chi connectivity index (χ0) is 16.5. The van der Waals surface area contributed by atoms with E-state index in [2.05, 4.69) is 39.9 Å². The zero-order valence-electron chi connectivity index (χ0n) is 14.6. The second kappa shape index (κ2) is 6.49. The quantitative estimate of drug-likeness (QED) is 0.907. The predicted molar refractivity (Wildman–Crippen MR) is 90.9 cm³/mol. The van der Waals surface area contributed by atoms with Crippen molar-refractivity contribution >= 4 is 9.84 Å². The Bertz CT molecular complexity index is 604. The highest BCUT2D eigenvalue weighted by Gasteiger charge is 2.30. The molecule has 0 aliphatic heterocycles. The highest BCUT2D eigenvalue weighted by Crippen LogP contribution is 2.33. The van der Waals surface area contributed by atoms with Crippen LogP contribution in [0, 0.1) is 34.6 Å². The van der Waals surface area contributed by atoms with Crippen molar-refractivity contribution in [3.8, 4) is 0 Å². The molecule has 0 aliphatic carbocycles. The van der Waals surface area contributed by atoms with Gasteiger partial charge in [-0.2, -0.15) is 0 Å². The molecule has 2 atom stereocenters. The minimum atomic E-state index is -3.10. The lowest BCUT2D eigenvalue weighted by Gasteiger charge is -2.29. The third-order valence-corrected chi connectivity index (χ3v) is 6.56. The molecule has 0 fully saturated rings. The summed E-state index contributed by atoms with van der Waals surface area (Å²) in [6.07, 6.45) is 1.32. The van der Waals surface area contributed by atoms with Gasteiger partial charge in [0.1, 0.15) is 0 Å². The average Bonchev–Trinajstić information content (AvgIpc) is 2.40. The summed E-state index contributed by atoms with van der Waals surface area (Å²) in [5.41, 5.74) is 7.38. The van der Waals surface area contributed by atoms with Crippen molar-refractivity contribution in [3.63, 3.8) is 0 Å². The molecule has 1 N–H and O–H groups in total. The monoisotopic (exact) mass is 311 g/mol. The average molecular weight is 311 g/mol. The van der Waals surface area contributed by atoms with Crippen molar-refractivity contribution in [2.24, 2.45) is 0 Å². The lowest BCUT2D eigenvalue weighted by Crippen LogP contribution is -2.36. The van der Waals surface area contributed by atoms with Crippen LogP contribution in [0.2, 0.25) is 0 Å². The van der Waals surface area contributed by atoms with E-state index in [0.29, 0.717) is 0 Å². The van der Waals surface area contributed by atoms with E-state index in [0.717, 1.165) is 12.1 Å². The molecule has 0 saturated carbocycles. The van der Waals surface area contributed by atoms with Crippen LogP contribution in [0.15, 0.2) is 0 Å². The van der Waals surface area contributed by atoms with E-state index in [4.69, 9.17) is 0 Å². The molecule has 0 radical (unpaired) electrons. The highest BCUT2D eigenvalue weighted by atomic mass is 32.2. The molecule has 0 heterocycles. The van der Waals surface area contributed by atoms with Gasteiger partial charge in [0, 0.05) is 12.3 Å². The number of sulfone groups is 1. The van der Waals surface area contributed by atoms with Crippen LogP contribution in [0.3, 0.4) is 0 Å². The van der Waals surface area contributed by atoms with Crippen molar-refractivity contribution in [2.75, 3.05) is 12.8 Å². The molecular formula is C17H29NO2S. The molecule has 0 bridgehead atoms. The maximum Gasteiger partial charge on any atom is 0.151 e. The van der Waals surface area contributed by atoms with Crippen LogP contribution < -0.4 is 5.32 Å². The van der Waals surface area contributed by atoms with Crippen molar-refractivity contribution in [1.82, 2.24) is 5.32 Å². The molecule has 120 valence electrons. The zero-order valence-corrected chi connectivity index (χ0v) is 15.4.